The van der Waals surface area contributed by atoms with Crippen molar-refractivity contribution in [3.8, 4) is 11.1 Å². The quantitative estimate of drug-likeness (QED) is 0.209. The van der Waals surface area contributed by atoms with Gasteiger partial charge in [0.2, 0.25) is 6.71 Å². The number of nitrogens with zero attached hydrogens (tertiary/aromatic N) is 1. The summed E-state index contributed by atoms with van der Waals surface area (Å²) in [5.74, 6) is 0.119. The van der Waals surface area contributed by atoms with Gasteiger partial charge in [-0.2, -0.15) is 0 Å². The maximum Gasteiger partial charge on any atom is 0.251 e. The first-order valence-electron chi connectivity index (χ1n) is 14.9. The Bertz CT molecular complexity index is 2180. The smallest absolute Gasteiger partial charge is 0.251 e. The van der Waals surface area contributed by atoms with Crippen molar-refractivity contribution < 1.29 is 4.79 Å². The van der Waals surface area contributed by atoms with Crippen molar-refractivity contribution in [3.63, 3.8) is 0 Å². The number of hydrogen-bond donors (Lipinski definition) is 0. The van der Waals surface area contributed by atoms with E-state index in [1.807, 2.05) is 0 Å². The lowest BCUT2D eigenvalue weighted by atomic mass is 9.36. The molecule has 2 nitrogen and oxygen atoms in total. The van der Waals surface area contributed by atoms with Crippen molar-refractivity contribution in [2.45, 2.75) is 24.7 Å². The van der Waals surface area contributed by atoms with Gasteiger partial charge in [0.15, 0.2) is 0 Å². The Morgan fingerprint density at radius 1 is 0.571 bits per heavy atom. The Morgan fingerprint density at radius 3 is 1.95 bits per heavy atom. The summed E-state index contributed by atoms with van der Waals surface area (Å²) in [6, 6.07) is 43.7. The van der Waals surface area contributed by atoms with Gasteiger partial charge in [0, 0.05) is 16.5 Å². The van der Waals surface area contributed by atoms with Crippen molar-refractivity contribution in [3.05, 3.63) is 149 Å². The van der Waals surface area contributed by atoms with E-state index in [1.165, 1.54) is 49.4 Å². The fraction of sp³-hybridized carbons (Fsp3) is 0.103. The highest BCUT2D eigenvalue weighted by atomic mass is 16.2. The number of rotatable bonds is 0. The molecule has 1 spiro atoms. The van der Waals surface area contributed by atoms with Crippen LogP contribution in [0.2, 0.25) is 0 Å². The molecule has 10 rings (SSSR count). The number of carbonyl (C=O) groups is 1. The summed E-state index contributed by atoms with van der Waals surface area (Å²) in [5, 5.41) is 2.37. The molecule has 4 aliphatic rings. The highest BCUT2D eigenvalue weighted by molar-refractivity contribution is 7.01. The van der Waals surface area contributed by atoms with E-state index in [2.05, 4.69) is 140 Å². The normalized spacial score (nSPS) is 17.1. The minimum atomic E-state index is -0.963. The third kappa shape index (κ3) is 2.31. The maximum atomic E-state index is 15.9. The van der Waals surface area contributed by atoms with Crippen LogP contribution in [0.3, 0.4) is 0 Å². The van der Waals surface area contributed by atoms with Crippen molar-refractivity contribution in [2.75, 3.05) is 4.90 Å². The van der Waals surface area contributed by atoms with Crippen molar-refractivity contribution in [1.82, 2.24) is 0 Å². The summed E-state index contributed by atoms with van der Waals surface area (Å²) < 4.78 is 0. The largest absolute Gasteiger partial charge is 0.280 e. The number of benzene rings is 6. The number of anilines is 2. The summed E-state index contributed by atoms with van der Waals surface area (Å²) in [4.78, 5) is 18.0. The van der Waals surface area contributed by atoms with Gasteiger partial charge >= 0.3 is 0 Å². The summed E-state index contributed by atoms with van der Waals surface area (Å²) in [6.45, 7) is 4.71. The third-order valence-corrected chi connectivity index (χ3v) is 10.7. The second kappa shape index (κ2) is 7.30. The summed E-state index contributed by atoms with van der Waals surface area (Å²) in [6.07, 6.45) is 0. The summed E-state index contributed by atoms with van der Waals surface area (Å²) in [5.41, 5.74) is 12.9. The highest BCUT2D eigenvalue weighted by Gasteiger charge is 2.59. The van der Waals surface area contributed by atoms with E-state index in [-0.39, 0.29) is 18.0 Å². The van der Waals surface area contributed by atoms with Gasteiger partial charge in [-0.25, -0.2) is 0 Å². The molecule has 3 aliphatic heterocycles. The lowest BCUT2D eigenvalue weighted by Gasteiger charge is -2.52. The first-order valence-corrected chi connectivity index (χ1v) is 14.9. The third-order valence-electron chi connectivity index (χ3n) is 10.7. The fourth-order valence-corrected chi connectivity index (χ4v) is 9.06. The van der Waals surface area contributed by atoms with E-state index in [0.29, 0.717) is 0 Å². The SMILES string of the molecule is CC1(C)c2ccccc2C2(C(=O)N3c4cccc5c4B(c4ccccc4-5)c4ccc5cccc2c5c43)c2ccccc21. The molecule has 0 saturated carbocycles. The number of hydrogen-bond acceptors (Lipinski definition) is 1. The number of carbonyl (C=O) groups excluding carboxylic acids is 1. The zero-order chi connectivity index (χ0) is 28.0. The molecule has 42 heavy (non-hydrogen) atoms. The van der Waals surface area contributed by atoms with Gasteiger partial charge in [-0.3, -0.25) is 9.69 Å². The minimum absolute atomic E-state index is 0.114. The molecular formula is C39H26BNO. The first-order chi connectivity index (χ1) is 20.5. The zero-order valence-electron chi connectivity index (χ0n) is 23.5. The maximum absolute atomic E-state index is 15.9. The van der Waals surface area contributed by atoms with Crippen LogP contribution >= 0.6 is 0 Å². The van der Waals surface area contributed by atoms with Crippen LogP contribution in [-0.4, -0.2) is 12.6 Å². The van der Waals surface area contributed by atoms with Crippen LogP contribution in [-0.2, 0) is 15.6 Å². The molecule has 3 heterocycles. The van der Waals surface area contributed by atoms with E-state index >= 15 is 4.79 Å². The van der Waals surface area contributed by atoms with E-state index in [0.717, 1.165) is 28.1 Å². The lowest BCUT2D eigenvalue weighted by molar-refractivity contribution is -0.121. The van der Waals surface area contributed by atoms with Crippen molar-refractivity contribution in [2.24, 2.45) is 0 Å². The van der Waals surface area contributed by atoms with Crippen LogP contribution in [0.5, 0.6) is 0 Å². The molecule has 196 valence electrons. The average molecular weight is 535 g/mol. The van der Waals surface area contributed by atoms with Crippen LogP contribution in [0.1, 0.15) is 41.7 Å². The van der Waals surface area contributed by atoms with Crippen LogP contribution < -0.4 is 21.3 Å². The molecule has 0 fully saturated rings. The summed E-state index contributed by atoms with van der Waals surface area (Å²) >= 11 is 0. The zero-order valence-corrected chi connectivity index (χ0v) is 23.5. The Balaban J connectivity index is 1.43. The van der Waals surface area contributed by atoms with E-state index in [9.17, 15) is 0 Å². The fourth-order valence-electron chi connectivity index (χ4n) is 9.06. The van der Waals surface area contributed by atoms with Gasteiger partial charge in [-0.1, -0.05) is 135 Å². The lowest BCUT2D eigenvalue weighted by Crippen LogP contribution is -2.61. The number of amides is 1. The van der Waals surface area contributed by atoms with E-state index < -0.39 is 5.41 Å². The Kier molecular flexibility index (Phi) is 3.96. The molecule has 3 heteroatoms. The van der Waals surface area contributed by atoms with Gasteiger partial charge in [0.25, 0.3) is 5.91 Å². The van der Waals surface area contributed by atoms with Crippen LogP contribution in [0.4, 0.5) is 11.4 Å². The predicted octanol–water partition coefficient (Wildman–Crippen LogP) is 6.30. The van der Waals surface area contributed by atoms with Gasteiger partial charge in [-0.15, -0.1) is 0 Å². The average Bonchev–Trinajstić information content (AvgIpc) is 3.37. The molecule has 0 saturated heterocycles. The second-order valence-corrected chi connectivity index (χ2v) is 12.8. The molecular weight excluding hydrogens is 509 g/mol. The molecule has 0 radical (unpaired) electrons. The van der Waals surface area contributed by atoms with Gasteiger partial charge in [0.1, 0.15) is 5.41 Å². The molecule has 0 bridgehead atoms. The van der Waals surface area contributed by atoms with Crippen LogP contribution in [0.15, 0.2) is 121 Å². The molecule has 1 aliphatic carbocycles. The van der Waals surface area contributed by atoms with Crippen LogP contribution in [0.25, 0.3) is 21.9 Å². The molecule has 0 atom stereocenters. The topological polar surface area (TPSA) is 20.3 Å². The Hall–Kier alpha value is -4.89. The van der Waals surface area contributed by atoms with Crippen molar-refractivity contribution >= 4 is 51.2 Å². The summed E-state index contributed by atoms with van der Waals surface area (Å²) in [7, 11) is 0. The molecule has 1 amide bonds. The Morgan fingerprint density at radius 2 is 1.19 bits per heavy atom. The van der Waals surface area contributed by atoms with E-state index in [1.54, 1.807) is 0 Å². The van der Waals surface area contributed by atoms with Gasteiger partial charge in [0.05, 0.1) is 5.69 Å². The monoisotopic (exact) mass is 535 g/mol. The van der Waals surface area contributed by atoms with E-state index in [4.69, 9.17) is 0 Å². The molecule has 0 unspecified atom stereocenters. The van der Waals surface area contributed by atoms with Crippen molar-refractivity contribution in [1.29, 1.82) is 0 Å². The second-order valence-electron chi connectivity index (χ2n) is 12.8. The van der Waals surface area contributed by atoms with Gasteiger partial charge < -0.3 is 0 Å². The predicted molar refractivity (Wildman–Crippen MR) is 173 cm³/mol. The van der Waals surface area contributed by atoms with Crippen LogP contribution in [0, 0.1) is 0 Å². The van der Waals surface area contributed by atoms with Gasteiger partial charge in [-0.05, 0) is 61.3 Å². The standard InChI is InChI=1S/C39H26BNO/c1-38(2)26-14-4-6-16-28(26)39(29-17-7-5-15-27(29)38)30-18-9-11-23-21-22-32-36(34(23)30)41(37(39)42)33-20-10-13-25-24-12-3-8-19-31(24)40(32)35(25)33/h3-22H,1-2H3. The molecule has 0 N–H and O–H groups in total. The molecule has 0 aromatic heterocycles. The highest BCUT2D eigenvalue weighted by Crippen LogP contribution is 2.59. The Labute approximate surface area is 245 Å². The first kappa shape index (κ1) is 22.8. The molecule has 6 aromatic rings. The molecule has 6 aromatic carbocycles. The number of fused-ring (bicyclic) bond motifs is 10. The minimum Gasteiger partial charge on any atom is -0.280 e.